The summed E-state index contributed by atoms with van der Waals surface area (Å²) in [6.07, 6.45) is 2.30. The van der Waals surface area contributed by atoms with Crippen LogP contribution in [0, 0.1) is 5.82 Å². The van der Waals surface area contributed by atoms with Crippen molar-refractivity contribution >= 4 is 11.7 Å². The van der Waals surface area contributed by atoms with Crippen molar-refractivity contribution in [1.29, 1.82) is 0 Å². The zero-order chi connectivity index (χ0) is 15.2. The molecule has 0 unspecified atom stereocenters. The fraction of sp³-hybridized carbons (Fsp3) is 0.500. The maximum atomic E-state index is 12.8. The fourth-order valence-electron chi connectivity index (χ4n) is 2.58. The summed E-state index contributed by atoms with van der Waals surface area (Å²) in [5.41, 5.74) is 0.457. The number of Topliss-reactive ketones (excluding diaryl/α,β-unsaturated/α-hetero) is 1. The Balaban J connectivity index is 1.78. The molecular weight excluding hydrogens is 271 g/mol. The van der Waals surface area contributed by atoms with Crippen molar-refractivity contribution in [1.82, 2.24) is 10.2 Å². The first-order valence-electron chi connectivity index (χ1n) is 7.34. The molecule has 1 N–H and O–H groups in total. The van der Waals surface area contributed by atoms with E-state index in [2.05, 4.69) is 5.32 Å². The highest BCUT2D eigenvalue weighted by Crippen LogP contribution is 2.13. The number of likely N-dealkylation sites (tertiary alicyclic amines) is 1. The summed E-state index contributed by atoms with van der Waals surface area (Å²) in [5, 5.41) is 3.22. The second kappa shape index (κ2) is 7.31. The number of hydrogen-bond donors (Lipinski definition) is 1. The molecule has 21 heavy (non-hydrogen) atoms. The van der Waals surface area contributed by atoms with Crippen LogP contribution in [0.25, 0.3) is 0 Å². The molecule has 1 saturated heterocycles. The van der Waals surface area contributed by atoms with Crippen LogP contribution in [0.1, 0.15) is 36.0 Å². The third kappa shape index (κ3) is 4.36. The van der Waals surface area contributed by atoms with Gasteiger partial charge in [0.15, 0.2) is 5.78 Å². The number of halogens is 1. The molecule has 1 aliphatic rings. The van der Waals surface area contributed by atoms with Crippen LogP contribution in [0.5, 0.6) is 0 Å². The second-order valence-electron chi connectivity index (χ2n) is 5.37. The molecule has 0 spiro atoms. The predicted octanol–water partition coefficient (Wildman–Crippen LogP) is 2.00. The van der Waals surface area contributed by atoms with Crippen molar-refractivity contribution in [3.05, 3.63) is 35.6 Å². The molecule has 1 aromatic rings. The lowest BCUT2D eigenvalue weighted by Gasteiger charge is -2.31. The number of nitrogens with one attached hydrogen (secondary N) is 1. The van der Waals surface area contributed by atoms with E-state index in [0.29, 0.717) is 11.6 Å². The summed E-state index contributed by atoms with van der Waals surface area (Å²) in [6, 6.07) is 5.92. The van der Waals surface area contributed by atoms with E-state index in [1.54, 1.807) is 0 Å². The van der Waals surface area contributed by atoms with Crippen molar-refractivity contribution in [3.63, 3.8) is 0 Å². The average Bonchev–Trinajstić information content (AvgIpc) is 2.53. The lowest BCUT2D eigenvalue weighted by molar-refractivity contribution is -0.132. The van der Waals surface area contributed by atoms with Crippen molar-refractivity contribution in [2.24, 2.45) is 0 Å². The quantitative estimate of drug-likeness (QED) is 0.845. The molecule has 4 nitrogen and oxygen atoms in total. The van der Waals surface area contributed by atoms with Crippen LogP contribution in [-0.2, 0) is 4.79 Å². The van der Waals surface area contributed by atoms with Gasteiger partial charge < -0.3 is 10.2 Å². The van der Waals surface area contributed by atoms with Gasteiger partial charge in [0.1, 0.15) is 5.82 Å². The lowest BCUT2D eigenvalue weighted by atomic mass is 10.0. The summed E-state index contributed by atoms with van der Waals surface area (Å²) in [7, 11) is 1.93. The first-order chi connectivity index (χ1) is 10.1. The number of piperidine rings is 1. The number of rotatable bonds is 5. The van der Waals surface area contributed by atoms with Crippen molar-refractivity contribution in [2.45, 2.75) is 31.7 Å². The van der Waals surface area contributed by atoms with Gasteiger partial charge in [0.25, 0.3) is 0 Å². The molecule has 1 aromatic carbocycles. The third-order valence-electron chi connectivity index (χ3n) is 3.99. The second-order valence-corrected chi connectivity index (χ2v) is 5.37. The van der Waals surface area contributed by atoms with Gasteiger partial charge in [-0.2, -0.15) is 0 Å². The molecule has 2 rings (SSSR count). The minimum atomic E-state index is -0.366. The maximum Gasteiger partial charge on any atom is 0.223 e. The normalized spacial score (nSPS) is 16.0. The van der Waals surface area contributed by atoms with Gasteiger partial charge in [-0.05, 0) is 44.2 Å². The van der Waals surface area contributed by atoms with Crippen LogP contribution in [0.4, 0.5) is 4.39 Å². The first kappa shape index (κ1) is 15.6. The number of nitrogens with zero attached hydrogens (tertiary/aromatic N) is 1. The summed E-state index contributed by atoms with van der Waals surface area (Å²) < 4.78 is 12.8. The minimum Gasteiger partial charge on any atom is -0.343 e. The van der Waals surface area contributed by atoms with Crippen molar-refractivity contribution < 1.29 is 14.0 Å². The monoisotopic (exact) mass is 292 g/mol. The first-order valence-corrected chi connectivity index (χ1v) is 7.34. The molecule has 0 aromatic heterocycles. The molecule has 5 heteroatoms. The Morgan fingerprint density at radius 1 is 1.19 bits per heavy atom. The van der Waals surface area contributed by atoms with E-state index in [-0.39, 0.29) is 30.3 Å². The molecule has 0 saturated carbocycles. The number of amides is 1. The maximum absolute atomic E-state index is 12.8. The van der Waals surface area contributed by atoms with E-state index in [1.165, 1.54) is 24.3 Å². The molecule has 0 bridgehead atoms. The van der Waals surface area contributed by atoms with Gasteiger partial charge in [0, 0.05) is 37.5 Å². The van der Waals surface area contributed by atoms with Crippen LogP contribution < -0.4 is 5.32 Å². The highest BCUT2D eigenvalue weighted by molar-refractivity contribution is 5.97. The van der Waals surface area contributed by atoms with Crippen LogP contribution in [-0.4, -0.2) is 42.8 Å². The lowest BCUT2D eigenvalue weighted by Crippen LogP contribution is -2.44. The van der Waals surface area contributed by atoms with E-state index in [4.69, 9.17) is 0 Å². The van der Waals surface area contributed by atoms with Gasteiger partial charge in [0.2, 0.25) is 5.91 Å². The van der Waals surface area contributed by atoms with Gasteiger partial charge in [-0.25, -0.2) is 4.39 Å². The molecular formula is C16H21FN2O2. The Morgan fingerprint density at radius 2 is 1.81 bits per heavy atom. The highest BCUT2D eigenvalue weighted by atomic mass is 19.1. The minimum absolute atomic E-state index is 0.0278. The van der Waals surface area contributed by atoms with Gasteiger partial charge in [-0.1, -0.05) is 0 Å². The van der Waals surface area contributed by atoms with E-state index >= 15 is 0 Å². The molecule has 1 fully saturated rings. The van der Waals surface area contributed by atoms with Gasteiger partial charge in [0.05, 0.1) is 0 Å². The van der Waals surface area contributed by atoms with Crippen LogP contribution in [0.15, 0.2) is 24.3 Å². The Hall–Kier alpha value is -1.75. The smallest absolute Gasteiger partial charge is 0.223 e. The standard InChI is InChI=1S/C16H21FN2O2/c1-18-14-8-10-19(11-9-14)16(21)7-6-15(20)12-2-4-13(17)5-3-12/h2-5,14,18H,6-11H2,1H3. The Morgan fingerprint density at radius 3 is 2.38 bits per heavy atom. The van der Waals surface area contributed by atoms with Crippen LogP contribution in [0.2, 0.25) is 0 Å². The number of benzene rings is 1. The zero-order valence-corrected chi connectivity index (χ0v) is 12.3. The molecule has 114 valence electrons. The van der Waals surface area contributed by atoms with Crippen LogP contribution in [0.3, 0.4) is 0 Å². The number of hydrogen-bond acceptors (Lipinski definition) is 3. The molecule has 1 heterocycles. The molecule has 0 radical (unpaired) electrons. The van der Waals surface area contributed by atoms with Gasteiger partial charge >= 0.3 is 0 Å². The Kier molecular flexibility index (Phi) is 5.44. The highest BCUT2D eigenvalue weighted by Gasteiger charge is 2.22. The number of carbonyl (C=O) groups excluding carboxylic acids is 2. The summed E-state index contributed by atoms with van der Waals surface area (Å²) in [5.74, 6) is -0.455. The summed E-state index contributed by atoms with van der Waals surface area (Å²) in [6.45, 7) is 1.49. The molecule has 0 atom stereocenters. The van der Waals surface area contributed by atoms with Gasteiger partial charge in [-0.15, -0.1) is 0 Å². The van der Waals surface area contributed by atoms with Gasteiger partial charge in [-0.3, -0.25) is 9.59 Å². The SMILES string of the molecule is CNC1CCN(C(=O)CCC(=O)c2ccc(F)cc2)CC1. The Labute approximate surface area is 124 Å². The Bertz CT molecular complexity index is 494. The summed E-state index contributed by atoms with van der Waals surface area (Å²) in [4.78, 5) is 25.8. The van der Waals surface area contributed by atoms with E-state index < -0.39 is 0 Å². The predicted molar refractivity (Wildman–Crippen MR) is 78.6 cm³/mol. The number of ketones is 1. The molecule has 0 aliphatic carbocycles. The zero-order valence-electron chi connectivity index (χ0n) is 12.3. The topological polar surface area (TPSA) is 49.4 Å². The number of carbonyl (C=O) groups is 2. The largest absolute Gasteiger partial charge is 0.343 e. The molecule has 1 amide bonds. The van der Waals surface area contributed by atoms with E-state index in [1.807, 2.05) is 11.9 Å². The van der Waals surface area contributed by atoms with Crippen molar-refractivity contribution in [2.75, 3.05) is 20.1 Å². The van der Waals surface area contributed by atoms with Crippen LogP contribution >= 0.6 is 0 Å². The van der Waals surface area contributed by atoms with E-state index in [9.17, 15) is 14.0 Å². The van der Waals surface area contributed by atoms with Crippen molar-refractivity contribution in [3.8, 4) is 0 Å². The molecule has 1 aliphatic heterocycles. The average molecular weight is 292 g/mol. The fourth-order valence-corrected chi connectivity index (χ4v) is 2.58. The van der Waals surface area contributed by atoms with E-state index in [0.717, 1.165) is 25.9 Å². The third-order valence-corrected chi connectivity index (χ3v) is 3.99. The summed E-state index contributed by atoms with van der Waals surface area (Å²) >= 11 is 0.